The molecule has 1 aromatic carbocycles. The van der Waals surface area contributed by atoms with Gasteiger partial charge in [-0.25, -0.2) is 13.4 Å². The number of carbonyl (C=O) groups excluding carboxylic acids is 3. The largest absolute Gasteiger partial charge is 0.466 e. The molecule has 0 saturated heterocycles. The number of carbonyl (C=O) groups is 3. The Morgan fingerprint density at radius 3 is 2.43 bits per heavy atom. The maximum Gasteiger partial charge on any atom is 0.311 e. The second-order valence-corrected chi connectivity index (χ2v) is 8.74. The third kappa shape index (κ3) is 6.90. The fraction of sp³-hybridized carbons (Fsp3) is 0.333. The summed E-state index contributed by atoms with van der Waals surface area (Å²) in [6.07, 6.45) is -0.0170. The van der Waals surface area contributed by atoms with Gasteiger partial charge in [-0.3, -0.25) is 14.4 Å². The topological polar surface area (TPSA) is 144 Å². The highest BCUT2D eigenvalue weighted by Crippen LogP contribution is 2.17. The Balaban J connectivity index is 1.97. The summed E-state index contributed by atoms with van der Waals surface area (Å²) in [5, 5.41) is 6.90. The molecular formula is C18H22N4O6S2. The Morgan fingerprint density at radius 2 is 1.83 bits per heavy atom. The molecule has 2 rings (SSSR count). The zero-order valence-electron chi connectivity index (χ0n) is 16.6. The predicted octanol–water partition coefficient (Wildman–Crippen LogP) is 1.51. The molecule has 0 bridgehead atoms. The molecule has 2 amide bonds. The molecule has 0 saturated carbocycles. The van der Waals surface area contributed by atoms with Crippen molar-refractivity contribution in [3.05, 3.63) is 35.3 Å². The number of benzene rings is 1. The monoisotopic (exact) mass is 454 g/mol. The summed E-state index contributed by atoms with van der Waals surface area (Å²) >= 11 is 1.11. The number of rotatable bonds is 9. The molecule has 3 N–H and O–H groups in total. The van der Waals surface area contributed by atoms with Gasteiger partial charge in [0.2, 0.25) is 21.8 Å². The molecule has 1 atom stereocenters. The zero-order valence-corrected chi connectivity index (χ0v) is 18.2. The minimum Gasteiger partial charge on any atom is -0.466 e. The lowest BCUT2D eigenvalue weighted by Gasteiger charge is -2.14. The van der Waals surface area contributed by atoms with Gasteiger partial charge in [0.1, 0.15) is 0 Å². The minimum atomic E-state index is -3.96. The second-order valence-electron chi connectivity index (χ2n) is 6.16. The number of ether oxygens (including phenoxy) is 1. The van der Waals surface area contributed by atoms with Crippen LogP contribution in [0.1, 0.15) is 26.5 Å². The number of nitrogens with zero attached hydrogens (tertiary/aromatic N) is 1. The van der Waals surface area contributed by atoms with E-state index in [4.69, 9.17) is 4.74 Å². The van der Waals surface area contributed by atoms with E-state index in [1.54, 1.807) is 12.3 Å². The normalized spacial score (nSPS) is 12.1. The number of hydrogen-bond acceptors (Lipinski definition) is 8. The van der Waals surface area contributed by atoms with Crippen molar-refractivity contribution >= 4 is 50.0 Å². The lowest BCUT2D eigenvalue weighted by atomic mass is 10.3. The van der Waals surface area contributed by atoms with Gasteiger partial charge in [0.15, 0.2) is 5.13 Å². The number of anilines is 2. The molecule has 0 spiro atoms. The van der Waals surface area contributed by atoms with Crippen LogP contribution < -0.4 is 15.4 Å². The first-order valence-electron chi connectivity index (χ1n) is 8.91. The van der Waals surface area contributed by atoms with Crippen LogP contribution in [0.2, 0.25) is 0 Å². The van der Waals surface area contributed by atoms with Crippen LogP contribution in [0.4, 0.5) is 10.8 Å². The molecule has 0 aliphatic rings. The van der Waals surface area contributed by atoms with Crippen molar-refractivity contribution in [1.29, 1.82) is 0 Å². The average Bonchev–Trinajstić information content (AvgIpc) is 3.08. The fourth-order valence-corrected chi connectivity index (χ4v) is 4.21. The van der Waals surface area contributed by atoms with Crippen LogP contribution in [-0.2, 0) is 35.6 Å². The minimum absolute atomic E-state index is 0.0170. The number of nitrogens with one attached hydrogen (secondary N) is 3. The maximum absolute atomic E-state index is 12.5. The van der Waals surface area contributed by atoms with Gasteiger partial charge in [-0.05, 0) is 38.1 Å². The van der Waals surface area contributed by atoms with Gasteiger partial charge >= 0.3 is 5.97 Å². The van der Waals surface area contributed by atoms with Gasteiger partial charge < -0.3 is 15.4 Å². The standard InChI is InChI=1S/C18H22N4O6S2/c1-4-28-16(24)9-14-10-29-18(20-14)21-17(25)11(2)22-30(26,27)15-7-5-13(6-8-15)19-12(3)23/h5-8,10-11,22H,4,9H2,1-3H3,(H,19,23)(H,20,21,25)/t11-/m0/s1. The molecule has 10 nitrogen and oxygen atoms in total. The Bertz CT molecular complexity index is 1020. The van der Waals surface area contributed by atoms with Crippen molar-refractivity contribution in [2.45, 2.75) is 38.1 Å². The Morgan fingerprint density at radius 1 is 1.17 bits per heavy atom. The number of amides is 2. The fourth-order valence-electron chi connectivity index (χ4n) is 2.29. The number of hydrogen-bond donors (Lipinski definition) is 3. The van der Waals surface area contributed by atoms with Crippen LogP contribution in [0, 0.1) is 0 Å². The van der Waals surface area contributed by atoms with E-state index in [9.17, 15) is 22.8 Å². The van der Waals surface area contributed by atoms with E-state index in [1.165, 1.54) is 38.1 Å². The van der Waals surface area contributed by atoms with Gasteiger partial charge in [-0.2, -0.15) is 4.72 Å². The molecule has 1 aromatic heterocycles. The summed E-state index contributed by atoms with van der Waals surface area (Å²) in [5.41, 5.74) is 0.899. The van der Waals surface area contributed by atoms with Crippen molar-refractivity contribution in [2.75, 3.05) is 17.2 Å². The van der Waals surface area contributed by atoms with Crippen molar-refractivity contribution in [2.24, 2.45) is 0 Å². The van der Waals surface area contributed by atoms with Crippen molar-refractivity contribution in [1.82, 2.24) is 9.71 Å². The van der Waals surface area contributed by atoms with Gasteiger partial charge in [-0.15, -0.1) is 11.3 Å². The van der Waals surface area contributed by atoms with E-state index in [0.717, 1.165) is 11.3 Å². The van der Waals surface area contributed by atoms with E-state index in [0.29, 0.717) is 11.4 Å². The number of sulfonamides is 1. The first-order chi connectivity index (χ1) is 14.1. The zero-order chi connectivity index (χ0) is 22.3. The Labute approximate surface area is 178 Å². The lowest BCUT2D eigenvalue weighted by molar-refractivity contribution is -0.142. The van der Waals surface area contributed by atoms with E-state index in [1.807, 2.05) is 0 Å². The van der Waals surface area contributed by atoms with Crippen LogP contribution in [0.15, 0.2) is 34.5 Å². The van der Waals surface area contributed by atoms with Gasteiger partial charge in [0.05, 0.1) is 29.7 Å². The quantitative estimate of drug-likeness (QED) is 0.487. The summed E-state index contributed by atoms with van der Waals surface area (Å²) in [4.78, 5) is 38.9. The molecule has 0 radical (unpaired) electrons. The van der Waals surface area contributed by atoms with Gasteiger partial charge in [0, 0.05) is 18.0 Å². The summed E-state index contributed by atoms with van der Waals surface area (Å²) in [6, 6.07) is 4.45. The maximum atomic E-state index is 12.5. The molecular weight excluding hydrogens is 432 g/mol. The Hall–Kier alpha value is -2.83. The van der Waals surface area contributed by atoms with E-state index < -0.39 is 27.9 Å². The van der Waals surface area contributed by atoms with Gasteiger partial charge in [0.25, 0.3) is 0 Å². The highest BCUT2D eigenvalue weighted by atomic mass is 32.2. The molecule has 2 aromatic rings. The molecule has 0 aliphatic heterocycles. The van der Waals surface area contributed by atoms with Gasteiger partial charge in [-0.1, -0.05) is 0 Å². The second kappa shape index (κ2) is 10.3. The average molecular weight is 455 g/mol. The number of aromatic nitrogens is 1. The molecule has 0 aliphatic carbocycles. The molecule has 0 unspecified atom stereocenters. The smallest absolute Gasteiger partial charge is 0.311 e. The van der Waals surface area contributed by atoms with E-state index in [-0.39, 0.29) is 29.0 Å². The summed E-state index contributed by atoms with van der Waals surface area (Å²) in [7, 11) is -3.96. The third-order valence-corrected chi connectivity index (χ3v) is 5.99. The first-order valence-corrected chi connectivity index (χ1v) is 11.3. The highest BCUT2D eigenvalue weighted by molar-refractivity contribution is 7.89. The Kier molecular flexibility index (Phi) is 8.03. The molecule has 162 valence electrons. The van der Waals surface area contributed by atoms with Crippen LogP contribution in [0.3, 0.4) is 0 Å². The molecule has 12 heteroatoms. The van der Waals surface area contributed by atoms with E-state index in [2.05, 4.69) is 20.3 Å². The molecule has 1 heterocycles. The predicted molar refractivity (Wildman–Crippen MR) is 112 cm³/mol. The highest BCUT2D eigenvalue weighted by Gasteiger charge is 2.23. The molecule has 0 fully saturated rings. The van der Waals surface area contributed by atoms with Crippen molar-refractivity contribution in [3.63, 3.8) is 0 Å². The van der Waals surface area contributed by atoms with Crippen LogP contribution in [-0.4, -0.2) is 43.8 Å². The SMILES string of the molecule is CCOC(=O)Cc1csc(NC(=O)[C@H](C)NS(=O)(=O)c2ccc(NC(C)=O)cc2)n1. The molecule has 30 heavy (non-hydrogen) atoms. The third-order valence-electron chi connectivity index (χ3n) is 3.62. The van der Waals surface area contributed by atoms with Crippen LogP contribution in [0.25, 0.3) is 0 Å². The summed E-state index contributed by atoms with van der Waals surface area (Å²) < 4.78 is 32.1. The van der Waals surface area contributed by atoms with Crippen LogP contribution >= 0.6 is 11.3 Å². The number of esters is 1. The van der Waals surface area contributed by atoms with Crippen molar-refractivity contribution < 1.29 is 27.5 Å². The van der Waals surface area contributed by atoms with Crippen molar-refractivity contribution in [3.8, 4) is 0 Å². The van der Waals surface area contributed by atoms with E-state index >= 15 is 0 Å². The summed E-state index contributed by atoms with van der Waals surface area (Å²) in [5.74, 6) is -1.31. The first kappa shape index (κ1) is 23.4. The number of thiazole rings is 1. The van der Waals surface area contributed by atoms with Crippen LogP contribution in [0.5, 0.6) is 0 Å². The summed E-state index contributed by atoms with van der Waals surface area (Å²) in [6.45, 7) is 4.70. The lowest BCUT2D eigenvalue weighted by Crippen LogP contribution is -2.41.